The molecule has 0 spiro atoms. The number of para-hydroxylation sites is 1. The molecule has 1 heterocycles. The molecule has 1 atom stereocenters. The quantitative estimate of drug-likeness (QED) is 0.630. The van der Waals surface area contributed by atoms with Crippen molar-refractivity contribution in [3.8, 4) is 5.75 Å². The molecular formula is C21H22N2O4. The molecule has 0 saturated carbocycles. The van der Waals surface area contributed by atoms with Crippen LogP contribution in [0.1, 0.15) is 12.0 Å². The molecular weight excluding hydrogens is 344 g/mol. The van der Waals surface area contributed by atoms with E-state index in [0.29, 0.717) is 13.0 Å². The Hall–Kier alpha value is -3.28. The number of hydrogen-bond acceptors (Lipinski definition) is 4. The molecule has 1 unspecified atom stereocenters. The molecule has 1 amide bonds. The van der Waals surface area contributed by atoms with E-state index in [1.165, 1.54) is 7.11 Å². The number of rotatable bonds is 7. The number of nitrogens with one attached hydrogen (secondary N) is 1. The molecule has 0 aliphatic rings. The van der Waals surface area contributed by atoms with Gasteiger partial charge in [-0.2, -0.15) is 0 Å². The van der Waals surface area contributed by atoms with Gasteiger partial charge in [0.05, 0.1) is 13.7 Å². The number of nitrogens with zero attached hydrogens (tertiary/aromatic N) is 1. The van der Waals surface area contributed by atoms with Gasteiger partial charge in [0, 0.05) is 18.1 Å². The van der Waals surface area contributed by atoms with Crippen molar-refractivity contribution in [2.75, 3.05) is 7.11 Å². The first-order valence-electron chi connectivity index (χ1n) is 8.76. The Morgan fingerprint density at radius 1 is 1.11 bits per heavy atom. The standard InChI is InChI=1S/C21H22N2O4/c1-27-21(26)18(14-23-13-12-16-4-2-3-5-19(16)23)22-20(25)11-8-15-6-9-17(24)10-7-15/h2-7,9-10,12-13,18,24H,8,11,14H2,1H3,(H,22,25). The number of fused-ring (bicyclic) bond motifs is 1. The molecule has 1 aromatic heterocycles. The lowest BCUT2D eigenvalue weighted by molar-refractivity contribution is -0.145. The van der Waals surface area contributed by atoms with E-state index in [2.05, 4.69) is 5.32 Å². The molecule has 2 N–H and O–H groups in total. The lowest BCUT2D eigenvalue weighted by Crippen LogP contribution is -2.44. The van der Waals surface area contributed by atoms with Gasteiger partial charge in [0.1, 0.15) is 11.8 Å². The molecule has 0 aliphatic heterocycles. The summed E-state index contributed by atoms with van der Waals surface area (Å²) in [5.41, 5.74) is 1.93. The smallest absolute Gasteiger partial charge is 0.330 e. The predicted molar refractivity (Wildman–Crippen MR) is 102 cm³/mol. The number of carbonyl (C=O) groups is 2. The maximum absolute atomic E-state index is 12.3. The molecule has 0 bridgehead atoms. The van der Waals surface area contributed by atoms with Crippen LogP contribution in [0.3, 0.4) is 0 Å². The van der Waals surface area contributed by atoms with Gasteiger partial charge in [-0.05, 0) is 41.6 Å². The summed E-state index contributed by atoms with van der Waals surface area (Å²) in [4.78, 5) is 24.5. The highest BCUT2D eigenvalue weighted by molar-refractivity contribution is 5.85. The second kappa shape index (κ2) is 8.40. The molecule has 0 aliphatic carbocycles. The fraction of sp³-hybridized carbons (Fsp3) is 0.238. The van der Waals surface area contributed by atoms with Crippen LogP contribution in [0.25, 0.3) is 10.9 Å². The van der Waals surface area contributed by atoms with Crippen LogP contribution in [0.5, 0.6) is 5.75 Å². The second-order valence-electron chi connectivity index (χ2n) is 6.34. The van der Waals surface area contributed by atoms with E-state index in [1.807, 2.05) is 41.1 Å². The zero-order valence-electron chi connectivity index (χ0n) is 15.1. The average molecular weight is 366 g/mol. The van der Waals surface area contributed by atoms with Crippen LogP contribution >= 0.6 is 0 Å². The molecule has 0 saturated heterocycles. The van der Waals surface area contributed by atoms with Crippen molar-refractivity contribution in [2.45, 2.75) is 25.4 Å². The highest BCUT2D eigenvalue weighted by Gasteiger charge is 2.22. The lowest BCUT2D eigenvalue weighted by atomic mass is 10.1. The SMILES string of the molecule is COC(=O)C(Cn1ccc2ccccc21)NC(=O)CCc1ccc(O)cc1. The Morgan fingerprint density at radius 2 is 1.85 bits per heavy atom. The largest absolute Gasteiger partial charge is 0.508 e. The van der Waals surface area contributed by atoms with E-state index in [4.69, 9.17) is 4.74 Å². The molecule has 2 aromatic carbocycles. The number of ether oxygens (including phenoxy) is 1. The van der Waals surface area contributed by atoms with Crippen molar-refractivity contribution in [1.29, 1.82) is 0 Å². The van der Waals surface area contributed by atoms with E-state index >= 15 is 0 Å². The van der Waals surface area contributed by atoms with Crippen LogP contribution < -0.4 is 5.32 Å². The van der Waals surface area contributed by atoms with Crippen molar-refractivity contribution in [3.63, 3.8) is 0 Å². The minimum Gasteiger partial charge on any atom is -0.508 e. The molecule has 140 valence electrons. The van der Waals surface area contributed by atoms with E-state index in [-0.39, 0.29) is 18.1 Å². The maximum Gasteiger partial charge on any atom is 0.330 e. The molecule has 3 aromatic rings. The monoisotopic (exact) mass is 366 g/mol. The molecule has 6 nitrogen and oxygen atoms in total. The van der Waals surface area contributed by atoms with Gasteiger partial charge < -0.3 is 19.7 Å². The van der Waals surface area contributed by atoms with E-state index in [9.17, 15) is 14.7 Å². The number of aryl methyl sites for hydroxylation is 1. The fourth-order valence-corrected chi connectivity index (χ4v) is 3.00. The first-order chi connectivity index (χ1) is 13.1. The topological polar surface area (TPSA) is 80.6 Å². The molecule has 6 heteroatoms. The Morgan fingerprint density at radius 3 is 2.59 bits per heavy atom. The lowest BCUT2D eigenvalue weighted by Gasteiger charge is -2.18. The summed E-state index contributed by atoms with van der Waals surface area (Å²) >= 11 is 0. The number of phenols is 1. The van der Waals surface area contributed by atoms with Crippen molar-refractivity contribution < 1.29 is 19.4 Å². The van der Waals surface area contributed by atoms with Gasteiger partial charge in [-0.1, -0.05) is 30.3 Å². The number of esters is 1. The number of carbonyl (C=O) groups excluding carboxylic acids is 2. The minimum atomic E-state index is -0.766. The molecule has 3 rings (SSSR count). The number of methoxy groups -OCH3 is 1. The highest BCUT2D eigenvalue weighted by atomic mass is 16.5. The summed E-state index contributed by atoms with van der Waals surface area (Å²) < 4.78 is 6.78. The van der Waals surface area contributed by atoms with E-state index in [1.54, 1.807) is 24.3 Å². The van der Waals surface area contributed by atoms with Crippen LogP contribution in [-0.4, -0.2) is 34.7 Å². The normalized spacial score (nSPS) is 11.9. The van der Waals surface area contributed by atoms with Gasteiger partial charge in [0.25, 0.3) is 0 Å². The zero-order chi connectivity index (χ0) is 19.2. The van der Waals surface area contributed by atoms with Gasteiger partial charge in [-0.25, -0.2) is 4.79 Å². The molecule has 0 fully saturated rings. The Balaban J connectivity index is 1.65. The number of amides is 1. The van der Waals surface area contributed by atoms with Crippen molar-refractivity contribution in [1.82, 2.24) is 9.88 Å². The maximum atomic E-state index is 12.3. The van der Waals surface area contributed by atoms with Crippen LogP contribution in [0, 0.1) is 0 Å². The molecule has 27 heavy (non-hydrogen) atoms. The third kappa shape index (κ3) is 4.67. The summed E-state index contributed by atoms with van der Waals surface area (Å²) in [7, 11) is 1.31. The van der Waals surface area contributed by atoms with E-state index in [0.717, 1.165) is 16.5 Å². The van der Waals surface area contributed by atoms with Crippen molar-refractivity contribution in [2.24, 2.45) is 0 Å². The minimum absolute atomic E-state index is 0.188. The van der Waals surface area contributed by atoms with Crippen molar-refractivity contribution in [3.05, 3.63) is 66.4 Å². The second-order valence-corrected chi connectivity index (χ2v) is 6.34. The van der Waals surface area contributed by atoms with Gasteiger partial charge >= 0.3 is 5.97 Å². The van der Waals surface area contributed by atoms with Gasteiger partial charge in [-0.15, -0.1) is 0 Å². The number of aromatic nitrogens is 1. The van der Waals surface area contributed by atoms with Crippen LogP contribution in [0.2, 0.25) is 0 Å². The Bertz CT molecular complexity index is 931. The fourth-order valence-electron chi connectivity index (χ4n) is 3.00. The van der Waals surface area contributed by atoms with Gasteiger partial charge in [0.2, 0.25) is 5.91 Å². The number of benzene rings is 2. The first kappa shape index (κ1) is 18.5. The number of aromatic hydroxyl groups is 1. The Kier molecular flexibility index (Phi) is 5.76. The van der Waals surface area contributed by atoms with Gasteiger partial charge in [0.15, 0.2) is 0 Å². The summed E-state index contributed by atoms with van der Waals surface area (Å²) in [5, 5.41) is 13.1. The van der Waals surface area contributed by atoms with Crippen LogP contribution in [-0.2, 0) is 27.3 Å². The average Bonchev–Trinajstić information content (AvgIpc) is 3.09. The van der Waals surface area contributed by atoms with E-state index < -0.39 is 12.0 Å². The predicted octanol–water partition coefficient (Wildman–Crippen LogP) is 2.64. The summed E-state index contributed by atoms with van der Waals surface area (Å²) in [6.45, 7) is 0.297. The van der Waals surface area contributed by atoms with Gasteiger partial charge in [-0.3, -0.25) is 4.79 Å². The van der Waals surface area contributed by atoms with Crippen LogP contribution in [0.15, 0.2) is 60.8 Å². The number of hydrogen-bond donors (Lipinski definition) is 2. The Labute approximate surface area is 157 Å². The summed E-state index contributed by atoms with van der Waals surface area (Å²) in [6.07, 6.45) is 2.65. The third-order valence-electron chi connectivity index (χ3n) is 4.46. The van der Waals surface area contributed by atoms with Crippen LogP contribution in [0.4, 0.5) is 0 Å². The first-order valence-corrected chi connectivity index (χ1v) is 8.76. The summed E-state index contributed by atoms with van der Waals surface area (Å²) in [6, 6.07) is 15.8. The highest BCUT2D eigenvalue weighted by Crippen LogP contribution is 2.16. The third-order valence-corrected chi connectivity index (χ3v) is 4.46. The zero-order valence-corrected chi connectivity index (χ0v) is 15.1. The number of phenolic OH excluding ortho intramolecular Hbond substituents is 1. The summed E-state index contributed by atoms with van der Waals surface area (Å²) in [5.74, 6) is -0.520. The van der Waals surface area contributed by atoms with Crippen molar-refractivity contribution >= 4 is 22.8 Å². The molecule has 0 radical (unpaired) electrons.